The molecular weight excluding hydrogens is 181 g/mol. The van der Waals surface area contributed by atoms with Gasteiger partial charge in [0.1, 0.15) is 5.82 Å². The Bertz CT molecular complexity index is 297. The summed E-state index contributed by atoms with van der Waals surface area (Å²) >= 11 is 0. The van der Waals surface area contributed by atoms with Crippen molar-refractivity contribution in [2.75, 3.05) is 18.5 Å². The first kappa shape index (κ1) is 9.46. The van der Waals surface area contributed by atoms with Crippen molar-refractivity contribution in [2.45, 2.75) is 18.9 Å². The Morgan fingerprint density at radius 3 is 2.93 bits per heavy atom. The van der Waals surface area contributed by atoms with Crippen molar-refractivity contribution in [1.82, 2.24) is 0 Å². The molecule has 0 bridgehead atoms. The third-order valence-electron chi connectivity index (χ3n) is 2.39. The molecule has 0 amide bonds. The van der Waals surface area contributed by atoms with Crippen LogP contribution in [0, 0.1) is 5.82 Å². The maximum absolute atomic E-state index is 13.2. The van der Waals surface area contributed by atoms with Crippen LogP contribution in [-0.2, 0) is 4.74 Å². The second-order valence-corrected chi connectivity index (χ2v) is 3.54. The Balaban J connectivity index is 1.99. The number of hydrogen-bond donors (Lipinski definition) is 1. The van der Waals surface area contributed by atoms with Gasteiger partial charge in [-0.3, -0.25) is 0 Å². The fourth-order valence-electron chi connectivity index (χ4n) is 1.65. The van der Waals surface area contributed by atoms with Gasteiger partial charge in [-0.05, 0) is 25.0 Å². The van der Waals surface area contributed by atoms with E-state index >= 15 is 0 Å². The Morgan fingerprint density at radius 2 is 2.21 bits per heavy atom. The zero-order chi connectivity index (χ0) is 9.80. The molecule has 2 nitrogen and oxygen atoms in total. The molecule has 1 saturated heterocycles. The molecule has 1 aliphatic heterocycles. The van der Waals surface area contributed by atoms with Crippen molar-refractivity contribution in [2.24, 2.45) is 0 Å². The highest BCUT2D eigenvalue weighted by molar-refractivity contribution is 5.45. The van der Waals surface area contributed by atoms with Gasteiger partial charge in [0.05, 0.1) is 12.3 Å². The summed E-state index contributed by atoms with van der Waals surface area (Å²) < 4.78 is 18.6. The topological polar surface area (TPSA) is 21.3 Å². The molecule has 3 heteroatoms. The molecule has 0 aromatic heterocycles. The summed E-state index contributed by atoms with van der Waals surface area (Å²) in [5.41, 5.74) is 0.572. The molecule has 2 rings (SSSR count). The third kappa shape index (κ3) is 2.23. The third-order valence-corrected chi connectivity index (χ3v) is 2.39. The zero-order valence-electron chi connectivity index (χ0n) is 8.00. The standard InChI is InChI=1S/C11H14FNO/c12-10-5-1-2-6-11(10)13-9-4-3-7-14-8-9/h1-2,5-6,9,13H,3-4,7-8H2. The van der Waals surface area contributed by atoms with Crippen LogP contribution >= 0.6 is 0 Å². The molecule has 1 N–H and O–H groups in total. The van der Waals surface area contributed by atoms with Gasteiger partial charge in [0.15, 0.2) is 0 Å². The van der Waals surface area contributed by atoms with E-state index in [2.05, 4.69) is 5.32 Å². The highest BCUT2D eigenvalue weighted by atomic mass is 19.1. The predicted molar refractivity (Wildman–Crippen MR) is 53.9 cm³/mol. The van der Waals surface area contributed by atoms with Crippen LogP contribution in [0.3, 0.4) is 0 Å². The first-order chi connectivity index (χ1) is 6.86. The molecule has 0 spiro atoms. The van der Waals surface area contributed by atoms with Crippen LogP contribution in [0.1, 0.15) is 12.8 Å². The number of anilines is 1. The number of benzene rings is 1. The zero-order valence-corrected chi connectivity index (χ0v) is 8.00. The normalized spacial score (nSPS) is 21.9. The van der Waals surface area contributed by atoms with E-state index in [-0.39, 0.29) is 11.9 Å². The number of rotatable bonds is 2. The molecular formula is C11H14FNO. The lowest BCUT2D eigenvalue weighted by atomic mass is 10.1. The molecule has 0 radical (unpaired) electrons. The average molecular weight is 195 g/mol. The summed E-state index contributed by atoms with van der Waals surface area (Å²) in [6, 6.07) is 6.99. The van der Waals surface area contributed by atoms with Crippen LogP contribution in [0.2, 0.25) is 0 Å². The van der Waals surface area contributed by atoms with Gasteiger partial charge >= 0.3 is 0 Å². The van der Waals surface area contributed by atoms with Crippen LogP contribution in [0.25, 0.3) is 0 Å². The summed E-state index contributed by atoms with van der Waals surface area (Å²) in [6.07, 6.45) is 2.10. The van der Waals surface area contributed by atoms with Crippen molar-refractivity contribution in [3.05, 3.63) is 30.1 Å². The summed E-state index contributed by atoms with van der Waals surface area (Å²) in [5, 5.41) is 3.15. The Kier molecular flexibility index (Phi) is 2.99. The largest absolute Gasteiger partial charge is 0.379 e. The van der Waals surface area contributed by atoms with Gasteiger partial charge in [-0.1, -0.05) is 12.1 Å². The highest BCUT2D eigenvalue weighted by Crippen LogP contribution is 2.17. The number of ether oxygens (including phenoxy) is 1. The van der Waals surface area contributed by atoms with Gasteiger partial charge in [0, 0.05) is 12.6 Å². The van der Waals surface area contributed by atoms with E-state index in [1.54, 1.807) is 12.1 Å². The molecule has 0 saturated carbocycles. The first-order valence-corrected chi connectivity index (χ1v) is 4.95. The molecule has 1 aliphatic rings. The van der Waals surface area contributed by atoms with E-state index in [0.29, 0.717) is 12.3 Å². The Morgan fingerprint density at radius 1 is 1.36 bits per heavy atom. The SMILES string of the molecule is Fc1ccccc1NC1CCCOC1. The van der Waals surface area contributed by atoms with Crippen molar-refractivity contribution in [3.8, 4) is 0 Å². The van der Waals surface area contributed by atoms with Gasteiger partial charge in [-0.25, -0.2) is 4.39 Å². The maximum Gasteiger partial charge on any atom is 0.146 e. The van der Waals surface area contributed by atoms with E-state index in [9.17, 15) is 4.39 Å². The predicted octanol–water partition coefficient (Wildman–Crippen LogP) is 2.42. The van der Waals surface area contributed by atoms with Gasteiger partial charge in [0.2, 0.25) is 0 Å². The van der Waals surface area contributed by atoms with Crippen LogP contribution in [0.15, 0.2) is 24.3 Å². The minimum Gasteiger partial charge on any atom is -0.379 e. The maximum atomic E-state index is 13.2. The van der Waals surface area contributed by atoms with Gasteiger partial charge in [-0.2, -0.15) is 0 Å². The summed E-state index contributed by atoms with van der Waals surface area (Å²) in [5.74, 6) is -0.196. The van der Waals surface area contributed by atoms with E-state index in [1.165, 1.54) is 6.07 Å². The number of halogens is 1. The van der Waals surface area contributed by atoms with E-state index < -0.39 is 0 Å². The molecule has 1 aromatic carbocycles. The van der Waals surface area contributed by atoms with E-state index in [4.69, 9.17) is 4.74 Å². The molecule has 1 atom stereocenters. The minimum atomic E-state index is -0.196. The summed E-state index contributed by atoms with van der Waals surface area (Å²) in [4.78, 5) is 0. The quantitative estimate of drug-likeness (QED) is 0.782. The van der Waals surface area contributed by atoms with Gasteiger partial charge in [0.25, 0.3) is 0 Å². The van der Waals surface area contributed by atoms with Crippen molar-refractivity contribution in [1.29, 1.82) is 0 Å². The molecule has 14 heavy (non-hydrogen) atoms. The highest BCUT2D eigenvalue weighted by Gasteiger charge is 2.14. The average Bonchev–Trinajstić information content (AvgIpc) is 2.23. The lowest BCUT2D eigenvalue weighted by molar-refractivity contribution is 0.0875. The van der Waals surface area contributed by atoms with Crippen LogP contribution in [-0.4, -0.2) is 19.3 Å². The lowest BCUT2D eigenvalue weighted by Crippen LogP contribution is -2.30. The van der Waals surface area contributed by atoms with Crippen molar-refractivity contribution in [3.63, 3.8) is 0 Å². The summed E-state index contributed by atoms with van der Waals surface area (Å²) in [7, 11) is 0. The number of nitrogens with one attached hydrogen (secondary N) is 1. The Hall–Kier alpha value is -1.09. The van der Waals surface area contributed by atoms with Gasteiger partial charge in [-0.15, -0.1) is 0 Å². The molecule has 76 valence electrons. The lowest BCUT2D eigenvalue weighted by Gasteiger charge is -2.24. The van der Waals surface area contributed by atoms with E-state index in [0.717, 1.165) is 19.4 Å². The number of para-hydroxylation sites is 1. The monoisotopic (exact) mass is 195 g/mol. The van der Waals surface area contributed by atoms with Crippen LogP contribution in [0.4, 0.5) is 10.1 Å². The van der Waals surface area contributed by atoms with Crippen molar-refractivity contribution >= 4 is 5.69 Å². The first-order valence-electron chi connectivity index (χ1n) is 4.95. The molecule has 1 heterocycles. The van der Waals surface area contributed by atoms with E-state index in [1.807, 2.05) is 6.07 Å². The molecule has 1 fully saturated rings. The second-order valence-electron chi connectivity index (χ2n) is 3.54. The van der Waals surface area contributed by atoms with Crippen molar-refractivity contribution < 1.29 is 9.13 Å². The van der Waals surface area contributed by atoms with Gasteiger partial charge < -0.3 is 10.1 Å². The van der Waals surface area contributed by atoms with Crippen LogP contribution < -0.4 is 5.32 Å². The fourth-order valence-corrected chi connectivity index (χ4v) is 1.65. The van der Waals surface area contributed by atoms with Crippen LogP contribution in [0.5, 0.6) is 0 Å². The minimum absolute atomic E-state index is 0.196. The molecule has 1 aromatic rings. The Labute approximate surface area is 83.1 Å². The molecule has 1 unspecified atom stereocenters. The number of hydrogen-bond acceptors (Lipinski definition) is 2. The molecule has 0 aliphatic carbocycles. The smallest absolute Gasteiger partial charge is 0.146 e. The summed E-state index contributed by atoms with van der Waals surface area (Å²) in [6.45, 7) is 1.50. The second kappa shape index (κ2) is 4.42. The fraction of sp³-hybridized carbons (Fsp3) is 0.455.